The number of aromatic nitrogens is 1. The van der Waals surface area contributed by atoms with Gasteiger partial charge in [-0.05, 0) is 57.4 Å². The van der Waals surface area contributed by atoms with Crippen LogP contribution in [0, 0.1) is 6.92 Å². The van der Waals surface area contributed by atoms with Gasteiger partial charge in [0.1, 0.15) is 15.6 Å². The summed E-state index contributed by atoms with van der Waals surface area (Å²) in [5, 5.41) is 0.853. The Morgan fingerprint density at radius 1 is 1.25 bits per heavy atom. The highest BCUT2D eigenvalue weighted by molar-refractivity contribution is 7.17. The highest BCUT2D eigenvalue weighted by Gasteiger charge is 2.37. The first-order chi connectivity index (χ1) is 13.7. The van der Waals surface area contributed by atoms with Gasteiger partial charge in [-0.3, -0.25) is 4.79 Å². The van der Waals surface area contributed by atoms with Crippen LogP contribution in [0.2, 0.25) is 0 Å². The molecular formula is C21H26N2O4S. The van der Waals surface area contributed by atoms with E-state index in [1.165, 1.54) is 11.3 Å². The quantitative estimate of drug-likeness (QED) is 0.759. The fourth-order valence-electron chi connectivity index (χ4n) is 3.80. The number of aryl methyl sites for hydroxylation is 1. The molecule has 4 rings (SSSR count). The standard InChI is InChI=1S/C21H26N2O4S/c1-3-25-16-9-7-15(8-10-16)19-22-14(2)18(28-19)20(24)23-11-5-4-6-17(23)21-26-12-13-27-21/h7-10,17,21H,3-6,11-13H2,1-2H3. The third-order valence-electron chi connectivity index (χ3n) is 5.17. The lowest BCUT2D eigenvalue weighted by Crippen LogP contribution is -2.50. The molecule has 6 nitrogen and oxygen atoms in total. The molecule has 7 heteroatoms. The number of rotatable bonds is 5. The van der Waals surface area contributed by atoms with Crippen LogP contribution in [0.15, 0.2) is 24.3 Å². The van der Waals surface area contributed by atoms with Gasteiger partial charge in [0, 0.05) is 12.1 Å². The molecule has 0 spiro atoms. The molecule has 1 atom stereocenters. The minimum absolute atomic E-state index is 0.0147. The molecule has 1 aromatic carbocycles. The van der Waals surface area contributed by atoms with Crippen molar-refractivity contribution in [3.8, 4) is 16.3 Å². The molecule has 0 bridgehead atoms. The van der Waals surface area contributed by atoms with Crippen molar-refractivity contribution >= 4 is 17.2 Å². The Morgan fingerprint density at radius 3 is 2.71 bits per heavy atom. The van der Waals surface area contributed by atoms with Crippen LogP contribution in [0.5, 0.6) is 5.75 Å². The summed E-state index contributed by atoms with van der Waals surface area (Å²) in [6, 6.07) is 7.83. The fraction of sp³-hybridized carbons (Fsp3) is 0.524. The second-order valence-corrected chi connectivity index (χ2v) is 8.06. The molecule has 150 valence electrons. The highest BCUT2D eigenvalue weighted by atomic mass is 32.1. The molecule has 2 aromatic rings. The van der Waals surface area contributed by atoms with E-state index in [-0.39, 0.29) is 18.2 Å². The van der Waals surface area contributed by atoms with Crippen molar-refractivity contribution in [3.63, 3.8) is 0 Å². The molecule has 2 saturated heterocycles. The van der Waals surface area contributed by atoms with E-state index in [9.17, 15) is 4.79 Å². The van der Waals surface area contributed by atoms with Crippen molar-refractivity contribution < 1.29 is 19.0 Å². The molecule has 2 aliphatic rings. The lowest BCUT2D eigenvalue weighted by molar-refractivity contribution is -0.100. The summed E-state index contributed by atoms with van der Waals surface area (Å²) < 4.78 is 16.9. The van der Waals surface area contributed by atoms with E-state index in [0.717, 1.165) is 47.8 Å². The molecule has 1 unspecified atom stereocenters. The number of ether oxygens (including phenoxy) is 3. The number of carbonyl (C=O) groups excluding carboxylic acids is 1. The first kappa shape index (κ1) is 19.4. The highest BCUT2D eigenvalue weighted by Crippen LogP contribution is 2.32. The Balaban J connectivity index is 1.55. The molecule has 0 aliphatic carbocycles. The van der Waals surface area contributed by atoms with E-state index in [0.29, 0.717) is 24.7 Å². The van der Waals surface area contributed by atoms with Gasteiger partial charge in [0.15, 0.2) is 6.29 Å². The van der Waals surface area contributed by atoms with E-state index in [1.807, 2.05) is 43.0 Å². The predicted octanol–water partition coefficient (Wildman–Crippen LogP) is 3.88. The van der Waals surface area contributed by atoms with E-state index < -0.39 is 0 Å². The minimum Gasteiger partial charge on any atom is -0.494 e. The van der Waals surface area contributed by atoms with Crippen LogP contribution >= 0.6 is 11.3 Å². The topological polar surface area (TPSA) is 60.9 Å². The number of piperidine rings is 1. The van der Waals surface area contributed by atoms with Crippen molar-refractivity contribution in [2.75, 3.05) is 26.4 Å². The average molecular weight is 403 g/mol. The lowest BCUT2D eigenvalue weighted by Gasteiger charge is -2.37. The molecule has 0 radical (unpaired) electrons. The number of hydrogen-bond acceptors (Lipinski definition) is 6. The minimum atomic E-state index is -0.303. The summed E-state index contributed by atoms with van der Waals surface area (Å²) in [5.41, 5.74) is 1.77. The zero-order valence-corrected chi connectivity index (χ0v) is 17.2. The Kier molecular flexibility index (Phi) is 5.94. The molecular weight excluding hydrogens is 376 g/mol. The van der Waals surface area contributed by atoms with Crippen molar-refractivity contribution in [3.05, 3.63) is 34.8 Å². The Labute approximate surface area is 169 Å². The second-order valence-electron chi connectivity index (χ2n) is 7.06. The Hall–Kier alpha value is -1.96. The van der Waals surface area contributed by atoms with Crippen molar-refractivity contribution in [1.29, 1.82) is 0 Å². The number of likely N-dealkylation sites (tertiary alicyclic amines) is 1. The van der Waals surface area contributed by atoms with Gasteiger partial charge in [0.25, 0.3) is 5.91 Å². The zero-order valence-electron chi connectivity index (χ0n) is 16.3. The van der Waals surface area contributed by atoms with Crippen LogP contribution < -0.4 is 4.74 Å². The largest absolute Gasteiger partial charge is 0.494 e. The van der Waals surface area contributed by atoms with E-state index >= 15 is 0 Å². The smallest absolute Gasteiger partial charge is 0.266 e. The number of hydrogen-bond donors (Lipinski definition) is 0. The number of carbonyl (C=O) groups is 1. The summed E-state index contributed by atoms with van der Waals surface area (Å²) in [6.07, 6.45) is 2.72. The van der Waals surface area contributed by atoms with Crippen LogP contribution in [0.25, 0.3) is 10.6 Å². The molecule has 28 heavy (non-hydrogen) atoms. The van der Waals surface area contributed by atoms with Gasteiger partial charge in [-0.15, -0.1) is 11.3 Å². The molecule has 3 heterocycles. The first-order valence-electron chi connectivity index (χ1n) is 9.92. The molecule has 2 fully saturated rings. The first-order valence-corrected chi connectivity index (χ1v) is 10.7. The molecule has 1 amide bonds. The number of thiazole rings is 1. The molecule has 2 aliphatic heterocycles. The number of nitrogens with zero attached hydrogens (tertiary/aromatic N) is 2. The average Bonchev–Trinajstić information content (AvgIpc) is 3.38. The van der Waals surface area contributed by atoms with E-state index in [1.54, 1.807) is 0 Å². The summed E-state index contributed by atoms with van der Waals surface area (Å²) in [6.45, 7) is 6.45. The van der Waals surface area contributed by atoms with Gasteiger partial charge in [0.2, 0.25) is 0 Å². The summed E-state index contributed by atoms with van der Waals surface area (Å²) in [7, 11) is 0. The Morgan fingerprint density at radius 2 is 2.00 bits per heavy atom. The summed E-state index contributed by atoms with van der Waals surface area (Å²) in [4.78, 5) is 20.6. The van der Waals surface area contributed by atoms with Gasteiger partial charge in [-0.25, -0.2) is 4.98 Å². The SMILES string of the molecule is CCOc1ccc(-c2nc(C)c(C(=O)N3CCCCC3C3OCCO3)s2)cc1. The third-order valence-corrected chi connectivity index (χ3v) is 6.37. The molecule has 1 aromatic heterocycles. The van der Waals surface area contributed by atoms with Crippen LogP contribution in [0.1, 0.15) is 41.6 Å². The monoisotopic (exact) mass is 402 g/mol. The number of benzene rings is 1. The normalized spacial score (nSPS) is 20.5. The molecule has 0 N–H and O–H groups in total. The lowest BCUT2D eigenvalue weighted by atomic mass is 10.0. The van der Waals surface area contributed by atoms with Crippen molar-refractivity contribution in [2.24, 2.45) is 0 Å². The van der Waals surface area contributed by atoms with Crippen LogP contribution in [-0.4, -0.2) is 54.5 Å². The van der Waals surface area contributed by atoms with Crippen LogP contribution in [-0.2, 0) is 9.47 Å². The predicted molar refractivity (Wildman–Crippen MR) is 108 cm³/mol. The Bertz CT molecular complexity index is 814. The fourth-order valence-corrected chi connectivity index (χ4v) is 4.83. The van der Waals surface area contributed by atoms with Gasteiger partial charge in [-0.1, -0.05) is 0 Å². The van der Waals surface area contributed by atoms with E-state index in [4.69, 9.17) is 14.2 Å². The van der Waals surface area contributed by atoms with Crippen LogP contribution in [0.3, 0.4) is 0 Å². The maximum absolute atomic E-state index is 13.3. The van der Waals surface area contributed by atoms with E-state index in [2.05, 4.69) is 4.98 Å². The molecule has 0 saturated carbocycles. The number of amides is 1. The van der Waals surface area contributed by atoms with Gasteiger partial charge >= 0.3 is 0 Å². The van der Waals surface area contributed by atoms with Crippen molar-refractivity contribution in [1.82, 2.24) is 9.88 Å². The third kappa shape index (κ3) is 3.92. The zero-order chi connectivity index (χ0) is 19.5. The maximum Gasteiger partial charge on any atom is 0.266 e. The summed E-state index contributed by atoms with van der Waals surface area (Å²) in [5.74, 6) is 0.875. The maximum atomic E-state index is 13.3. The van der Waals surface area contributed by atoms with Gasteiger partial charge in [0.05, 0.1) is 31.6 Å². The van der Waals surface area contributed by atoms with Crippen LogP contribution in [0.4, 0.5) is 0 Å². The van der Waals surface area contributed by atoms with Crippen molar-refractivity contribution in [2.45, 2.75) is 45.4 Å². The van der Waals surface area contributed by atoms with Gasteiger partial charge in [-0.2, -0.15) is 0 Å². The van der Waals surface area contributed by atoms with Gasteiger partial charge < -0.3 is 19.1 Å². The second kappa shape index (κ2) is 8.59. The summed E-state index contributed by atoms with van der Waals surface area (Å²) >= 11 is 1.45.